The van der Waals surface area contributed by atoms with Gasteiger partial charge in [0.05, 0.1) is 11.5 Å². The van der Waals surface area contributed by atoms with Crippen molar-refractivity contribution in [2.24, 2.45) is 0 Å². The van der Waals surface area contributed by atoms with Crippen molar-refractivity contribution in [3.8, 4) is 6.07 Å². The third-order valence-electron chi connectivity index (χ3n) is 5.17. The topological polar surface area (TPSA) is 94.6 Å². The Bertz CT molecular complexity index is 1100. The number of H-pyrrole nitrogens is 1. The van der Waals surface area contributed by atoms with Gasteiger partial charge in [-0.3, -0.25) is 0 Å². The van der Waals surface area contributed by atoms with Crippen LogP contribution in [-0.4, -0.2) is 33.0 Å². The Morgan fingerprint density at radius 3 is 2.81 bits per heavy atom. The maximum absolute atomic E-state index is 9.92. The lowest BCUT2D eigenvalue weighted by molar-refractivity contribution is 0.335. The fraction of sp³-hybridized carbons (Fsp3) is 0.263. The van der Waals surface area contributed by atoms with E-state index in [0.717, 1.165) is 28.0 Å². The van der Waals surface area contributed by atoms with Crippen LogP contribution in [0.15, 0.2) is 47.3 Å². The first kappa shape index (κ1) is 14.9. The monoisotopic (exact) mass is 344 g/mol. The first-order chi connectivity index (χ1) is 12.8. The van der Waals surface area contributed by atoms with Gasteiger partial charge in [-0.15, -0.1) is 0 Å². The molecule has 5 rings (SSSR count). The summed E-state index contributed by atoms with van der Waals surface area (Å²) >= 11 is 0. The zero-order chi connectivity index (χ0) is 17.6. The fourth-order valence-corrected chi connectivity index (χ4v) is 3.66. The number of aromatic nitrogens is 4. The molecule has 4 aromatic rings. The molecule has 3 aromatic heterocycles. The second-order valence-electron chi connectivity index (χ2n) is 6.60. The number of para-hydroxylation sites is 2. The highest BCUT2D eigenvalue weighted by molar-refractivity contribution is 5.87. The number of benzene rings is 1. The lowest BCUT2D eigenvalue weighted by Crippen LogP contribution is -2.42. The summed E-state index contributed by atoms with van der Waals surface area (Å²) in [6, 6.07) is 12.1. The van der Waals surface area contributed by atoms with Gasteiger partial charge in [0.25, 0.3) is 0 Å². The molecule has 7 nitrogen and oxygen atoms in total. The number of aromatic amines is 1. The van der Waals surface area contributed by atoms with Gasteiger partial charge in [-0.2, -0.15) is 5.26 Å². The van der Waals surface area contributed by atoms with Gasteiger partial charge in [0.15, 0.2) is 5.58 Å². The van der Waals surface area contributed by atoms with Crippen molar-refractivity contribution < 1.29 is 4.42 Å². The van der Waals surface area contributed by atoms with Crippen LogP contribution in [-0.2, 0) is 5.41 Å². The Hall–Kier alpha value is -3.40. The molecular weight excluding hydrogens is 328 g/mol. The van der Waals surface area contributed by atoms with E-state index in [9.17, 15) is 5.26 Å². The van der Waals surface area contributed by atoms with E-state index in [4.69, 9.17) is 4.42 Å². The van der Waals surface area contributed by atoms with Gasteiger partial charge in [0.1, 0.15) is 28.7 Å². The van der Waals surface area contributed by atoms with Crippen LogP contribution in [0.25, 0.3) is 22.1 Å². The minimum atomic E-state index is -0.695. The number of nitrogens with zero attached hydrogens (tertiary/aromatic N) is 5. The SMILES string of the molecule is N#CC1(c2nc3ccccc3o2)CCN(c2ncnc3[nH]ccc23)CC1. The molecule has 1 fully saturated rings. The number of nitrogens with one attached hydrogen (secondary N) is 1. The summed E-state index contributed by atoms with van der Waals surface area (Å²) < 4.78 is 5.92. The molecule has 0 amide bonds. The van der Waals surface area contributed by atoms with Gasteiger partial charge in [-0.05, 0) is 31.0 Å². The van der Waals surface area contributed by atoms with E-state index in [1.165, 1.54) is 0 Å². The minimum absolute atomic E-state index is 0.523. The van der Waals surface area contributed by atoms with Gasteiger partial charge in [0.2, 0.25) is 5.89 Å². The maximum atomic E-state index is 9.92. The molecule has 0 unspecified atom stereocenters. The molecule has 0 aliphatic carbocycles. The highest BCUT2D eigenvalue weighted by Crippen LogP contribution is 2.37. The van der Waals surface area contributed by atoms with Gasteiger partial charge < -0.3 is 14.3 Å². The second kappa shape index (κ2) is 5.56. The van der Waals surface area contributed by atoms with Crippen LogP contribution >= 0.6 is 0 Å². The largest absolute Gasteiger partial charge is 0.439 e. The van der Waals surface area contributed by atoms with Gasteiger partial charge in [-0.1, -0.05) is 12.1 Å². The smallest absolute Gasteiger partial charge is 0.216 e. The molecule has 4 heterocycles. The van der Waals surface area contributed by atoms with Crippen LogP contribution in [0.2, 0.25) is 0 Å². The quantitative estimate of drug-likeness (QED) is 0.600. The van der Waals surface area contributed by atoms with E-state index >= 15 is 0 Å². The van der Waals surface area contributed by atoms with Crippen LogP contribution in [0.3, 0.4) is 0 Å². The molecule has 0 spiro atoms. The molecule has 1 N–H and O–H groups in total. The minimum Gasteiger partial charge on any atom is -0.439 e. The Balaban J connectivity index is 1.46. The van der Waals surface area contributed by atoms with Crippen molar-refractivity contribution in [1.29, 1.82) is 5.26 Å². The number of fused-ring (bicyclic) bond motifs is 2. The molecule has 0 saturated carbocycles. The summed E-state index contributed by atoms with van der Waals surface area (Å²) in [4.78, 5) is 18.6. The first-order valence-corrected chi connectivity index (χ1v) is 8.59. The van der Waals surface area contributed by atoms with E-state index in [1.54, 1.807) is 6.33 Å². The molecule has 128 valence electrons. The third-order valence-corrected chi connectivity index (χ3v) is 5.17. The van der Waals surface area contributed by atoms with Crippen LogP contribution in [0, 0.1) is 11.3 Å². The number of piperidine rings is 1. The van der Waals surface area contributed by atoms with Crippen molar-refractivity contribution in [2.75, 3.05) is 18.0 Å². The number of oxazole rings is 1. The Kier molecular flexibility index (Phi) is 3.19. The number of rotatable bonds is 2. The normalized spacial score (nSPS) is 16.8. The zero-order valence-corrected chi connectivity index (χ0v) is 14.0. The van der Waals surface area contributed by atoms with E-state index in [2.05, 4.69) is 30.9 Å². The van der Waals surface area contributed by atoms with Crippen molar-refractivity contribution >= 4 is 28.0 Å². The van der Waals surface area contributed by atoms with Crippen molar-refractivity contribution in [3.63, 3.8) is 0 Å². The summed E-state index contributed by atoms with van der Waals surface area (Å²) in [6.07, 6.45) is 4.73. The zero-order valence-electron chi connectivity index (χ0n) is 14.0. The number of hydrogen-bond acceptors (Lipinski definition) is 6. The van der Waals surface area contributed by atoms with Gasteiger partial charge >= 0.3 is 0 Å². The van der Waals surface area contributed by atoms with E-state index in [0.29, 0.717) is 31.8 Å². The number of hydrogen-bond donors (Lipinski definition) is 1. The van der Waals surface area contributed by atoms with Crippen molar-refractivity contribution in [1.82, 2.24) is 19.9 Å². The summed E-state index contributed by atoms with van der Waals surface area (Å²) in [6.45, 7) is 1.42. The van der Waals surface area contributed by atoms with Crippen molar-refractivity contribution in [2.45, 2.75) is 18.3 Å². The maximum Gasteiger partial charge on any atom is 0.216 e. The first-order valence-electron chi connectivity index (χ1n) is 8.59. The van der Waals surface area contributed by atoms with E-state index < -0.39 is 5.41 Å². The molecule has 0 atom stereocenters. The third kappa shape index (κ3) is 2.15. The Labute approximate surface area is 149 Å². The predicted octanol–water partition coefficient (Wildman–Crippen LogP) is 3.16. The second-order valence-corrected chi connectivity index (χ2v) is 6.60. The van der Waals surface area contributed by atoms with Crippen LogP contribution in [0.1, 0.15) is 18.7 Å². The van der Waals surface area contributed by atoms with Crippen LogP contribution in [0.4, 0.5) is 5.82 Å². The van der Waals surface area contributed by atoms with Crippen LogP contribution in [0.5, 0.6) is 0 Å². The summed E-state index contributed by atoms with van der Waals surface area (Å²) in [5.74, 6) is 1.43. The molecule has 7 heteroatoms. The average Bonchev–Trinajstić information content (AvgIpc) is 3.34. The molecule has 26 heavy (non-hydrogen) atoms. The lowest BCUT2D eigenvalue weighted by atomic mass is 9.79. The molecule has 1 aromatic carbocycles. The molecular formula is C19H16N6O. The lowest BCUT2D eigenvalue weighted by Gasteiger charge is -2.36. The number of anilines is 1. The van der Waals surface area contributed by atoms with E-state index in [1.807, 2.05) is 36.5 Å². The van der Waals surface area contributed by atoms with Crippen molar-refractivity contribution in [3.05, 3.63) is 48.7 Å². The summed E-state index contributed by atoms with van der Waals surface area (Å²) in [5, 5.41) is 10.9. The molecule has 1 aliphatic rings. The van der Waals surface area contributed by atoms with Gasteiger partial charge in [0, 0.05) is 19.3 Å². The standard InChI is InChI=1S/C19H16N6O/c20-11-19(18-24-14-3-1-2-4-15(14)26-18)6-9-25(10-7-19)17-13-5-8-21-16(13)22-12-23-17/h1-5,8,12H,6-7,9-10H2,(H,21,22,23). The Morgan fingerprint density at radius 1 is 1.15 bits per heavy atom. The highest BCUT2D eigenvalue weighted by Gasteiger charge is 2.41. The molecule has 1 saturated heterocycles. The number of nitriles is 1. The molecule has 1 aliphatic heterocycles. The highest BCUT2D eigenvalue weighted by atomic mass is 16.3. The summed E-state index contributed by atoms with van der Waals surface area (Å²) in [7, 11) is 0. The van der Waals surface area contributed by atoms with E-state index in [-0.39, 0.29) is 0 Å². The molecule has 0 bridgehead atoms. The van der Waals surface area contributed by atoms with Gasteiger partial charge in [-0.25, -0.2) is 15.0 Å². The average molecular weight is 344 g/mol. The summed E-state index contributed by atoms with van der Waals surface area (Å²) in [5.41, 5.74) is 1.65. The molecule has 0 radical (unpaired) electrons. The Morgan fingerprint density at radius 2 is 2.00 bits per heavy atom. The predicted molar refractivity (Wildman–Crippen MR) is 96.6 cm³/mol. The van der Waals surface area contributed by atoms with Crippen LogP contribution < -0.4 is 4.90 Å². The fourth-order valence-electron chi connectivity index (χ4n) is 3.66.